The smallest absolute Gasteiger partial charge is 0.408 e. The van der Waals surface area contributed by atoms with E-state index >= 15 is 0 Å². The molecule has 0 saturated carbocycles. The van der Waals surface area contributed by atoms with Crippen LogP contribution in [0, 0.1) is 0 Å². The van der Waals surface area contributed by atoms with Gasteiger partial charge >= 0.3 is 11.8 Å². The third-order valence-electron chi connectivity index (χ3n) is 3.46. The number of anilines is 2. The van der Waals surface area contributed by atoms with E-state index in [1.54, 1.807) is 34.9 Å². The normalized spacial score (nSPS) is 10.8. The van der Waals surface area contributed by atoms with Gasteiger partial charge in [0.2, 0.25) is 0 Å². The summed E-state index contributed by atoms with van der Waals surface area (Å²) in [6.07, 6.45) is 0.837. The first-order valence-electron chi connectivity index (χ1n) is 7.54. The average Bonchev–Trinajstić information content (AvgIpc) is 2.83. The second-order valence-corrected chi connectivity index (χ2v) is 6.21. The molecule has 0 aliphatic heterocycles. The van der Waals surface area contributed by atoms with Gasteiger partial charge in [0.1, 0.15) is 0 Å². The van der Waals surface area contributed by atoms with Crippen molar-refractivity contribution in [2.45, 2.75) is 19.9 Å². The van der Waals surface area contributed by atoms with Gasteiger partial charge in [-0.3, -0.25) is 4.57 Å². The molecule has 3 aromatic rings. The number of aryl methyl sites for hydroxylation is 1. The molecule has 3 rings (SSSR count). The number of carbonyl (C=O) groups is 1. The molecule has 0 radical (unpaired) electrons. The lowest BCUT2D eigenvalue weighted by Gasteiger charge is -2.08. The summed E-state index contributed by atoms with van der Waals surface area (Å²) in [6, 6.07) is 12.1. The van der Waals surface area contributed by atoms with Gasteiger partial charge < -0.3 is 15.1 Å². The Bertz CT molecular complexity index is 946. The van der Waals surface area contributed by atoms with Gasteiger partial charge in [-0.05, 0) is 36.8 Å². The number of halogens is 1. The van der Waals surface area contributed by atoms with E-state index in [-0.39, 0.29) is 11.8 Å². The fourth-order valence-electron chi connectivity index (χ4n) is 2.44. The fraction of sp³-hybridized carbons (Fsp3) is 0.176. The Kier molecular flexibility index (Phi) is 4.71. The Morgan fingerprint density at radius 3 is 2.62 bits per heavy atom. The van der Waals surface area contributed by atoms with Crippen LogP contribution in [0.15, 0.2) is 56.1 Å². The molecule has 0 saturated heterocycles. The van der Waals surface area contributed by atoms with Crippen molar-refractivity contribution >= 4 is 44.4 Å². The number of carbonyl (C=O) groups excluding carboxylic acids is 1. The lowest BCUT2D eigenvalue weighted by atomic mass is 10.2. The zero-order valence-electron chi connectivity index (χ0n) is 13.0. The molecule has 7 heteroatoms. The lowest BCUT2D eigenvalue weighted by Crippen LogP contribution is -2.19. The van der Waals surface area contributed by atoms with Gasteiger partial charge in [0.05, 0.1) is 5.52 Å². The summed E-state index contributed by atoms with van der Waals surface area (Å²) >= 11 is 3.35. The Hall–Kier alpha value is -2.54. The highest BCUT2D eigenvalue weighted by Crippen LogP contribution is 2.20. The molecule has 0 atom stereocenters. The Balaban J connectivity index is 1.77. The van der Waals surface area contributed by atoms with Crippen molar-refractivity contribution in [3.63, 3.8) is 0 Å². The summed E-state index contributed by atoms with van der Waals surface area (Å²) in [5.74, 6) is -0.386. The largest absolute Gasteiger partial charge is 0.419 e. The maximum absolute atomic E-state index is 12.1. The summed E-state index contributed by atoms with van der Waals surface area (Å²) in [7, 11) is 0. The number of amides is 2. The summed E-state index contributed by atoms with van der Waals surface area (Å²) < 4.78 is 7.70. The molecule has 2 N–H and O–H groups in total. The monoisotopic (exact) mass is 389 g/mol. The van der Waals surface area contributed by atoms with Gasteiger partial charge in [0.25, 0.3) is 0 Å². The molecular weight excluding hydrogens is 374 g/mol. The topological polar surface area (TPSA) is 76.3 Å². The van der Waals surface area contributed by atoms with E-state index in [9.17, 15) is 9.59 Å². The van der Waals surface area contributed by atoms with E-state index in [4.69, 9.17) is 4.42 Å². The van der Waals surface area contributed by atoms with E-state index in [0.717, 1.165) is 16.4 Å². The van der Waals surface area contributed by atoms with Gasteiger partial charge in [-0.2, -0.15) is 0 Å². The van der Waals surface area contributed by atoms with E-state index in [1.165, 1.54) is 0 Å². The summed E-state index contributed by atoms with van der Waals surface area (Å²) in [5, 5.41) is 5.46. The molecule has 6 nitrogen and oxygen atoms in total. The number of benzene rings is 2. The molecule has 0 aliphatic rings. The number of oxazole rings is 1. The summed E-state index contributed by atoms with van der Waals surface area (Å²) in [4.78, 5) is 23.9. The molecule has 124 valence electrons. The predicted molar refractivity (Wildman–Crippen MR) is 97.5 cm³/mol. The highest BCUT2D eigenvalue weighted by atomic mass is 79.9. The van der Waals surface area contributed by atoms with E-state index in [2.05, 4.69) is 26.6 Å². The first-order valence-corrected chi connectivity index (χ1v) is 8.33. The van der Waals surface area contributed by atoms with Gasteiger partial charge in [-0.25, -0.2) is 9.59 Å². The van der Waals surface area contributed by atoms with Gasteiger partial charge in [-0.15, -0.1) is 0 Å². The molecular formula is C17H16BrN3O3. The Labute approximate surface area is 146 Å². The first kappa shape index (κ1) is 16.3. The average molecular weight is 390 g/mol. The van der Waals surface area contributed by atoms with Gasteiger partial charge in [0.15, 0.2) is 5.58 Å². The second-order valence-electron chi connectivity index (χ2n) is 5.29. The minimum Gasteiger partial charge on any atom is -0.408 e. The highest BCUT2D eigenvalue weighted by Gasteiger charge is 2.10. The van der Waals surface area contributed by atoms with E-state index < -0.39 is 0 Å². The van der Waals surface area contributed by atoms with Crippen LogP contribution in [0.5, 0.6) is 0 Å². The third kappa shape index (κ3) is 3.51. The SMILES string of the molecule is CCCn1c(=O)oc2cc(NC(=O)Nc3cccc(Br)c3)ccc21. The Morgan fingerprint density at radius 1 is 1.17 bits per heavy atom. The van der Waals surface area contributed by atoms with Gasteiger partial charge in [-0.1, -0.05) is 28.9 Å². The van der Waals surface area contributed by atoms with Crippen LogP contribution in [0.3, 0.4) is 0 Å². The van der Waals surface area contributed by atoms with Crippen molar-refractivity contribution in [3.05, 3.63) is 57.5 Å². The van der Waals surface area contributed by atoms with Gasteiger partial charge in [0, 0.05) is 28.5 Å². The van der Waals surface area contributed by atoms with Crippen LogP contribution in [-0.2, 0) is 6.54 Å². The zero-order chi connectivity index (χ0) is 17.1. The van der Waals surface area contributed by atoms with Crippen molar-refractivity contribution in [3.8, 4) is 0 Å². The van der Waals surface area contributed by atoms with E-state index in [0.29, 0.717) is 23.5 Å². The minimum absolute atomic E-state index is 0.372. The maximum Gasteiger partial charge on any atom is 0.419 e. The van der Waals surface area contributed by atoms with Crippen molar-refractivity contribution in [1.82, 2.24) is 4.57 Å². The number of aromatic nitrogens is 1. The quantitative estimate of drug-likeness (QED) is 0.693. The van der Waals surface area contributed by atoms with Crippen molar-refractivity contribution in [2.24, 2.45) is 0 Å². The number of hydrogen-bond donors (Lipinski definition) is 2. The Morgan fingerprint density at radius 2 is 1.92 bits per heavy atom. The first-order chi connectivity index (χ1) is 11.6. The third-order valence-corrected chi connectivity index (χ3v) is 3.95. The molecule has 1 heterocycles. The van der Waals surface area contributed by atoms with Crippen LogP contribution < -0.4 is 16.4 Å². The molecule has 0 unspecified atom stereocenters. The van der Waals surface area contributed by atoms with Crippen LogP contribution >= 0.6 is 15.9 Å². The number of rotatable bonds is 4. The standard InChI is InChI=1S/C17H16BrN3O3/c1-2-8-21-14-7-6-13(10-15(14)24-17(21)23)20-16(22)19-12-5-3-4-11(18)9-12/h3-7,9-10H,2,8H2,1H3,(H2,19,20,22). The number of hydrogen-bond acceptors (Lipinski definition) is 3. The fourth-order valence-corrected chi connectivity index (χ4v) is 2.84. The van der Waals surface area contributed by atoms with Crippen LogP contribution in [0.25, 0.3) is 11.1 Å². The van der Waals surface area contributed by atoms with Crippen LogP contribution in [0.4, 0.5) is 16.2 Å². The highest BCUT2D eigenvalue weighted by molar-refractivity contribution is 9.10. The molecule has 24 heavy (non-hydrogen) atoms. The second kappa shape index (κ2) is 6.92. The predicted octanol–water partition coefficient (Wildman–Crippen LogP) is 4.41. The summed E-state index contributed by atoms with van der Waals surface area (Å²) in [5.41, 5.74) is 2.39. The van der Waals surface area contributed by atoms with Crippen molar-refractivity contribution in [1.29, 1.82) is 0 Å². The number of urea groups is 1. The van der Waals surface area contributed by atoms with Crippen LogP contribution in [-0.4, -0.2) is 10.6 Å². The lowest BCUT2D eigenvalue weighted by molar-refractivity contribution is 0.262. The molecule has 0 spiro atoms. The van der Waals surface area contributed by atoms with Crippen LogP contribution in [0.2, 0.25) is 0 Å². The number of nitrogens with one attached hydrogen (secondary N) is 2. The molecule has 0 fully saturated rings. The van der Waals surface area contributed by atoms with Crippen molar-refractivity contribution in [2.75, 3.05) is 10.6 Å². The van der Waals surface area contributed by atoms with Crippen LogP contribution in [0.1, 0.15) is 13.3 Å². The maximum atomic E-state index is 12.1. The van der Waals surface area contributed by atoms with Crippen molar-refractivity contribution < 1.29 is 9.21 Å². The minimum atomic E-state index is -0.386. The molecule has 2 aromatic carbocycles. The molecule has 0 aliphatic carbocycles. The number of nitrogens with zero attached hydrogens (tertiary/aromatic N) is 1. The molecule has 2 amide bonds. The zero-order valence-corrected chi connectivity index (χ0v) is 14.6. The number of fused-ring (bicyclic) bond motifs is 1. The summed E-state index contributed by atoms with van der Waals surface area (Å²) in [6.45, 7) is 2.59. The molecule has 1 aromatic heterocycles. The molecule has 0 bridgehead atoms. The van der Waals surface area contributed by atoms with E-state index in [1.807, 2.05) is 19.1 Å².